The summed E-state index contributed by atoms with van der Waals surface area (Å²) in [6.07, 6.45) is 0.986. The highest BCUT2D eigenvalue weighted by molar-refractivity contribution is 7.98. The Balaban J connectivity index is 2.65. The largest absolute Gasteiger partial charge is 0.394 e. The second kappa shape index (κ2) is 6.52. The van der Waals surface area contributed by atoms with E-state index in [1.165, 1.54) is 11.8 Å². The Labute approximate surface area is 98.7 Å². The van der Waals surface area contributed by atoms with Crippen LogP contribution in [0.15, 0.2) is 29.2 Å². The van der Waals surface area contributed by atoms with Gasteiger partial charge in [0.15, 0.2) is 0 Å². The van der Waals surface area contributed by atoms with E-state index in [1.54, 1.807) is 12.1 Å². The molecule has 0 aliphatic heterocycles. The number of rotatable bonds is 5. The number of hydrogen-bond acceptors (Lipinski definition) is 4. The maximum Gasteiger partial charge on any atom is 0.252 e. The number of nitrogens with one attached hydrogen (secondary N) is 1. The standard InChI is InChI=1S/C11H15NO3S/c1-16-10-5-3-2-4-9(10)11(15)12-6-8(14)7-13/h2-5,8,13-14H,6-7H2,1H3,(H,12,15). The van der Waals surface area contributed by atoms with Crippen LogP contribution in [0.2, 0.25) is 0 Å². The molecule has 0 spiro atoms. The van der Waals surface area contributed by atoms with Crippen LogP contribution in [0, 0.1) is 0 Å². The molecule has 0 saturated heterocycles. The Morgan fingerprint density at radius 1 is 1.50 bits per heavy atom. The summed E-state index contributed by atoms with van der Waals surface area (Å²) in [7, 11) is 0. The van der Waals surface area contributed by atoms with Gasteiger partial charge in [-0.1, -0.05) is 12.1 Å². The number of carbonyl (C=O) groups excluding carboxylic acids is 1. The molecule has 0 aliphatic rings. The van der Waals surface area contributed by atoms with E-state index in [-0.39, 0.29) is 19.1 Å². The SMILES string of the molecule is CSc1ccccc1C(=O)NCC(O)CO. The lowest BCUT2D eigenvalue weighted by Crippen LogP contribution is -2.34. The first kappa shape index (κ1) is 13.0. The van der Waals surface area contributed by atoms with Gasteiger partial charge in [0, 0.05) is 11.4 Å². The van der Waals surface area contributed by atoms with Gasteiger partial charge in [-0.25, -0.2) is 0 Å². The van der Waals surface area contributed by atoms with Crippen LogP contribution >= 0.6 is 11.8 Å². The van der Waals surface area contributed by atoms with Gasteiger partial charge in [0.2, 0.25) is 0 Å². The van der Waals surface area contributed by atoms with Crippen LogP contribution in [0.5, 0.6) is 0 Å². The molecule has 88 valence electrons. The second-order valence-corrected chi connectivity index (χ2v) is 4.09. The fraction of sp³-hybridized carbons (Fsp3) is 0.364. The topological polar surface area (TPSA) is 69.6 Å². The Bertz CT molecular complexity index is 357. The molecule has 16 heavy (non-hydrogen) atoms. The lowest BCUT2D eigenvalue weighted by molar-refractivity contribution is 0.0800. The van der Waals surface area contributed by atoms with Gasteiger partial charge >= 0.3 is 0 Å². The van der Waals surface area contributed by atoms with Crippen LogP contribution in [-0.4, -0.2) is 41.6 Å². The normalized spacial score (nSPS) is 12.2. The number of aliphatic hydroxyl groups is 2. The third-order valence-electron chi connectivity index (χ3n) is 2.06. The first-order valence-electron chi connectivity index (χ1n) is 4.89. The van der Waals surface area contributed by atoms with Crippen LogP contribution in [0.3, 0.4) is 0 Å². The van der Waals surface area contributed by atoms with Gasteiger partial charge in [-0.3, -0.25) is 4.79 Å². The summed E-state index contributed by atoms with van der Waals surface area (Å²) in [6, 6.07) is 7.25. The van der Waals surface area contributed by atoms with Crippen LogP contribution in [0.1, 0.15) is 10.4 Å². The molecule has 1 rings (SSSR count). The zero-order valence-electron chi connectivity index (χ0n) is 9.01. The summed E-state index contributed by atoms with van der Waals surface area (Å²) in [5.74, 6) is -0.238. The van der Waals surface area contributed by atoms with Crippen LogP contribution < -0.4 is 5.32 Å². The summed E-state index contributed by atoms with van der Waals surface area (Å²) in [6.45, 7) is -0.303. The Hall–Kier alpha value is -1.04. The highest BCUT2D eigenvalue weighted by Crippen LogP contribution is 2.19. The highest BCUT2D eigenvalue weighted by atomic mass is 32.2. The first-order valence-corrected chi connectivity index (χ1v) is 6.11. The monoisotopic (exact) mass is 241 g/mol. The van der Waals surface area contributed by atoms with E-state index in [9.17, 15) is 4.79 Å². The van der Waals surface area contributed by atoms with Crippen LogP contribution in [-0.2, 0) is 0 Å². The van der Waals surface area contributed by atoms with Crippen molar-refractivity contribution in [3.63, 3.8) is 0 Å². The molecule has 1 atom stereocenters. The van der Waals surface area contributed by atoms with Gasteiger partial charge < -0.3 is 15.5 Å². The summed E-state index contributed by atoms with van der Waals surface area (Å²) >= 11 is 1.49. The smallest absolute Gasteiger partial charge is 0.252 e. The average Bonchev–Trinajstić information content (AvgIpc) is 2.35. The Morgan fingerprint density at radius 3 is 2.81 bits per heavy atom. The van der Waals surface area contributed by atoms with Gasteiger partial charge in [0.05, 0.1) is 18.3 Å². The van der Waals surface area contributed by atoms with Crippen molar-refractivity contribution in [2.45, 2.75) is 11.0 Å². The zero-order chi connectivity index (χ0) is 12.0. The Morgan fingerprint density at radius 2 is 2.19 bits per heavy atom. The predicted molar refractivity (Wildman–Crippen MR) is 63.6 cm³/mol. The summed E-state index contributed by atoms with van der Waals surface area (Å²) in [5.41, 5.74) is 0.583. The molecule has 1 amide bonds. The van der Waals surface area contributed by atoms with Crippen molar-refractivity contribution < 1.29 is 15.0 Å². The first-order chi connectivity index (χ1) is 7.69. The maximum atomic E-state index is 11.7. The molecule has 0 fully saturated rings. The van der Waals surface area contributed by atoms with Gasteiger partial charge in [0.25, 0.3) is 5.91 Å². The number of carbonyl (C=O) groups is 1. The predicted octanol–water partition coefficient (Wildman–Crippen LogP) is 0.492. The van der Waals surface area contributed by atoms with Gasteiger partial charge in [-0.2, -0.15) is 0 Å². The molecule has 4 nitrogen and oxygen atoms in total. The summed E-state index contributed by atoms with van der Waals surface area (Å²) in [5, 5.41) is 20.3. The van der Waals surface area contributed by atoms with Gasteiger partial charge in [-0.15, -0.1) is 11.8 Å². The van der Waals surface area contributed by atoms with Crippen molar-refractivity contribution in [2.24, 2.45) is 0 Å². The maximum absolute atomic E-state index is 11.7. The molecule has 0 bridgehead atoms. The van der Waals surface area contributed by atoms with E-state index in [0.717, 1.165) is 4.90 Å². The van der Waals surface area contributed by atoms with Crippen LogP contribution in [0.25, 0.3) is 0 Å². The molecule has 3 N–H and O–H groups in total. The zero-order valence-corrected chi connectivity index (χ0v) is 9.83. The molecule has 1 aromatic carbocycles. The van der Waals surface area contributed by atoms with Crippen LogP contribution in [0.4, 0.5) is 0 Å². The number of benzene rings is 1. The molecule has 0 heterocycles. The number of thioether (sulfide) groups is 1. The van der Waals surface area contributed by atoms with E-state index in [0.29, 0.717) is 5.56 Å². The number of amides is 1. The van der Waals surface area contributed by atoms with Crippen molar-refractivity contribution in [1.82, 2.24) is 5.32 Å². The third-order valence-corrected chi connectivity index (χ3v) is 2.86. The third kappa shape index (κ3) is 3.52. The van der Waals surface area contributed by atoms with Crippen molar-refractivity contribution in [3.8, 4) is 0 Å². The highest BCUT2D eigenvalue weighted by Gasteiger charge is 2.11. The molecule has 1 aromatic rings. The molecule has 0 saturated carbocycles. The second-order valence-electron chi connectivity index (χ2n) is 3.25. The van der Waals surface area contributed by atoms with Gasteiger partial charge in [-0.05, 0) is 18.4 Å². The van der Waals surface area contributed by atoms with Gasteiger partial charge in [0.1, 0.15) is 0 Å². The molecular formula is C11H15NO3S. The van der Waals surface area contributed by atoms with E-state index in [4.69, 9.17) is 10.2 Å². The Kier molecular flexibility index (Phi) is 5.31. The number of hydrogen-bond donors (Lipinski definition) is 3. The quantitative estimate of drug-likeness (QED) is 0.656. The van der Waals surface area contributed by atoms with Crippen molar-refractivity contribution in [3.05, 3.63) is 29.8 Å². The lowest BCUT2D eigenvalue weighted by Gasteiger charge is -2.10. The molecule has 0 aliphatic carbocycles. The molecule has 0 aromatic heterocycles. The van der Waals surface area contributed by atoms with Crippen molar-refractivity contribution in [2.75, 3.05) is 19.4 Å². The molecule has 5 heteroatoms. The van der Waals surface area contributed by atoms with E-state index < -0.39 is 6.10 Å². The molecule has 1 unspecified atom stereocenters. The van der Waals surface area contributed by atoms with E-state index in [1.807, 2.05) is 18.4 Å². The summed E-state index contributed by atoms with van der Waals surface area (Å²) in [4.78, 5) is 12.6. The fourth-order valence-corrected chi connectivity index (χ4v) is 1.80. The number of aliphatic hydroxyl groups excluding tert-OH is 2. The fourth-order valence-electron chi connectivity index (χ4n) is 1.20. The minimum absolute atomic E-state index is 0.0536. The minimum atomic E-state index is -0.912. The van der Waals surface area contributed by atoms with E-state index >= 15 is 0 Å². The van der Waals surface area contributed by atoms with Crippen molar-refractivity contribution >= 4 is 17.7 Å². The molecular weight excluding hydrogens is 226 g/mol. The van der Waals surface area contributed by atoms with E-state index in [2.05, 4.69) is 5.32 Å². The minimum Gasteiger partial charge on any atom is -0.394 e. The van der Waals surface area contributed by atoms with Crippen molar-refractivity contribution in [1.29, 1.82) is 0 Å². The summed E-state index contributed by atoms with van der Waals surface area (Å²) < 4.78 is 0. The average molecular weight is 241 g/mol. The molecule has 0 radical (unpaired) electrons. The lowest BCUT2D eigenvalue weighted by atomic mass is 10.2.